The fourth-order valence-corrected chi connectivity index (χ4v) is 3.77. The first-order valence-electron chi connectivity index (χ1n) is 9.55. The van der Waals surface area contributed by atoms with Crippen molar-refractivity contribution in [2.24, 2.45) is 11.0 Å². The third-order valence-corrected chi connectivity index (χ3v) is 5.68. The highest BCUT2D eigenvalue weighted by atomic mass is 79.9. The summed E-state index contributed by atoms with van der Waals surface area (Å²) in [6.45, 7) is 1.83. The number of nitrogens with zero attached hydrogens (tertiary/aromatic N) is 1. The molecule has 1 fully saturated rings. The maximum absolute atomic E-state index is 12.3. The molecule has 0 unspecified atom stereocenters. The van der Waals surface area contributed by atoms with Crippen LogP contribution in [0.4, 0.5) is 5.69 Å². The number of rotatable bonds is 5. The van der Waals surface area contributed by atoms with Crippen molar-refractivity contribution in [3.05, 3.63) is 64.1 Å². The first kappa shape index (κ1) is 20.3. The van der Waals surface area contributed by atoms with Crippen LogP contribution in [0, 0.1) is 5.92 Å². The van der Waals surface area contributed by atoms with Crippen molar-refractivity contribution in [1.82, 2.24) is 5.43 Å². The van der Waals surface area contributed by atoms with Crippen molar-refractivity contribution < 1.29 is 9.59 Å². The Morgan fingerprint density at radius 3 is 2.36 bits per heavy atom. The fraction of sp³-hybridized carbons (Fsp3) is 0.318. The summed E-state index contributed by atoms with van der Waals surface area (Å²) in [6, 6.07) is 14.7. The van der Waals surface area contributed by atoms with E-state index in [0.717, 1.165) is 41.4 Å². The van der Waals surface area contributed by atoms with Gasteiger partial charge in [0.05, 0.1) is 11.3 Å². The van der Waals surface area contributed by atoms with Crippen LogP contribution in [0.1, 0.15) is 54.9 Å². The minimum absolute atomic E-state index is 0.110. The summed E-state index contributed by atoms with van der Waals surface area (Å²) in [5.41, 5.74) is 5.45. The molecule has 0 aromatic heterocycles. The SMILES string of the molecule is C/C(=N\NC(=O)c1ccccc1Br)c1ccc(NC(=O)C2CCCCC2)cc1. The van der Waals surface area contributed by atoms with Crippen LogP contribution in [-0.4, -0.2) is 17.5 Å². The van der Waals surface area contributed by atoms with Crippen LogP contribution in [0.3, 0.4) is 0 Å². The Labute approximate surface area is 173 Å². The van der Waals surface area contributed by atoms with Gasteiger partial charge in [-0.3, -0.25) is 9.59 Å². The predicted molar refractivity (Wildman–Crippen MR) is 115 cm³/mol. The molecule has 0 atom stereocenters. The van der Waals surface area contributed by atoms with Gasteiger partial charge in [0.15, 0.2) is 0 Å². The molecule has 2 amide bonds. The molecule has 0 bridgehead atoms. The summed E-state index contributed by atoms with van der Waals surface area (Å²) in [6.07, 6.45) is 5.46. The molecule has 0 spiro atoms. The van der Waals surface area contributed by atoms with Crippen LogP contribution in [0.2, 0.25) is 0 Å². The Morgan fingerprint density at radius 1 is 1.00 bits per heavy atom. The maximum atomic E-state index is 12.3. The van der Waals surface area contributed by atoms with Gasteiger partial charge in [-0.2, -0.15) is 5.10 Å². The molecule has 6 heteroatoms. The topological polar surface area (TPSA) is 70.6 Å². The minimum atomic E-state index is -0.275. The summed E-state index contributed by atoms with van der Waals surface area (Å²) in [4.78, 5) is 24.6. The molecule has 2 aromatic rings. The number of nitrogens with one attached hydrogen (secondary N) is 2. The molecule has 28 heavy (non-hydrogen) atoms. The number of carbonyl (C=O) groups is 2. The molecule has 2 N–H and O–H groups in total. The zero-order valence-corrected chi connectivity index (χ0v) is 17.5. The van der Waals surface area contributed by atoms with Crippen molar-refractivity contribution in [3.8, 4) is 0 Å². The number of halogens is 1. The molecule has 146 valence electrons. The molecule has 0 radical (unpaired) electrons. The summed E-state index contributed by atoms with van der Waals surface area (Å²) in [7, 11) is 0. The Balaban J connectivity index is 1.59. The van der Waals surface area contributed by atoms with Crippen molar-refractivity contribution in [3.63, 3.8) is 0 Å². The van der Waals surface area contributed by atoms with Crippen LogP contribution in [0.15, 0.2) is 58.1 Å². The maximum Gasteiger partial charge on any atom is 0.272 e. The Kier molecular flexibility index (Phi) is 6.98. The van der Waals surface area contributed by atoms with Gasteiger partial charge < -0.3 is 5.32 Å². The molecule has 1 aliphatic carbocycles. The van der Waals surface area contributed by atoms with E-state index >= 15 is 0 Å². The van der Waals surface area contributed by atoms with Crippen LogP contribution in [0.5, 0.6) is 0 Å². The molecule has 0 aliphatic heterocycles. The Bertz CT molecular complexity index is 872. The minimum Gasteiger partial charge on any atom is -0.326 e. The number of carbonyl (C=O) groups excluding carboxylic acids is 2. The lowest BCUT2D eigenvalue weighted by Crippen LogP contribution is -2.24. The number of anilines is 1. The van der Waals surface area contributed by atoms with Gasteiger partial charge in [-0.05, 0) is 65.5 Å². The van der Waals surface area contributed by atoms with Gasteiger partial charge >= 0.3 is 0 Å². The molecule has 1 saturated carbocycles. The lowest BCUT2D eigenvalue weighted by atomic mass is 9.88. The van der Waals surface area contributed by atoms with E-state index in [1.807, 2.05) is 43.3 Å². The summed E-state index contributed by atoms with van der Waals surface area (Å²) in [5, 5.41) is 7.19. The van der Waals surface area contributed by atoms with Gasteiger partial charge in [-0.25, -0.2) is 5.43 Å². The lowest BCUT2D eigenvalue weighted by Gasteiger charge is -2.20. The first-order chi connectivity index (χ1) is 13.5. The van der Waals surface area contributed by atoms with Gasteiger partial charge in [-0.1, -0.05) is 43.5 Å². The number of hydrogen-bond donors (Lipinski definition) is 2. The highest BCUT2D eigenvalue weighted by Gasteiger charge is 2.20. The number of hydrogen-bond acceptors (Lipinski definition) is 3. The van der Waals surface area contributed by atoms with E-state index in [1.165, 1.54) is 6.42 Å². The van der Waals surface area contributed by atoms with E-state index in [4.69, 9.17) is 0 Å². The first-order valence-corrected chi connectivity index (χ1v) is 10.3. The average molecular weight is 442 g/mol. The number of amides is 2. The van der Waals surface area contributed by atoms with Crippen LogP contribution < -0.4 is 10.7 Å². The molecule has 5 nitrogen and oxygen atoms in total. The quantitative estimate of drug-likeness (QED) is 0.498. The second-order valence-corrected chi connectivity index (χ2v) is 7.87. The van der Waals surface area contributed by atoms with Crippen molar-refractivity contribution in [2.45, 2.75) is 39.0 Å². The summed E-state index contributed by atoms with van der Waals surface area (Å²) >= 11 is 3.36. The van der Waals surface area contributed by atoms with E-state index < -0.39 is 0 Å². The van der Waals surface area contributed by atoms with Crippen LogP contribution >= 0.6 is 15.9 Å². The van der Waals surface area contributed by atoms with E-state index in [-0.39, 0.29) is 17.7 Å². The van der Waals surface area contributed by atoms with Gasteiger partial charge in [-0.15, -0.1) is 0 Å². The molecule has 2 aromatic carbocycles. The van der Waals surface area contributed by atoms with Gasteiger partial charge in [0.2, 0.25) is 5.91 Å². The molecule has 1 aliphatic rings. The Hall–Kier alpha value is -2.47. The van der Waals surface area contributed by atoms with E-state index in [9.17, 15) is 9.59 Å². The van der Waals surface area contributed by atoms with Gasteiger partial charge in [0.25, 0.3) is 5.91 Å². The standard InChI is InChI=1S/C22H24BrN3O2/c1-15(25-26-22(28)19-9-5-6-10-20(19)23)16-11-13-18(14-12-16)24-21(27)17-7-3-2-4-8-17/h5-6,9-14,17H,2-4,7-8H2,1H3,(H,24,27)(H,26,28)/b25-15+. The van der Waals surface area contributed by atoms with Crippen molar-refractivity contribution in [2.75, 3.05) is 5.32 Å². The van der Waals surface area contributed by atoms with E-state index in [1.54, 1.807) is 12.1 Å². The normalized spacial score (nSPS) is 15.1. The second-order valence-electron chi connectivity index (χ2n) is 7.02. The second kappa shape index (κ2) is 9.64. The molecular formula is C22H24BrN3O2. The van der Waals surface area contributed by atoms with E-state index in [0.29, 0.717) is 11.3 Å². The highest BCUT2D eigenvalue weighted by molar-refractivity contribution is 9.10. The zero-order chi connectivity index (χ0) is 19.9. The third kappa shape index (κ3) is 5.29. The molecule has 0 heterocycles. The average Bonchev–Trinajstić information content (AvgIpc) is 2.73. The monoisotopic (exact) mass is 441 g/mol. The molecule has 3 rings (SSSR count). The number of hydrazone groups is 1. The van der Waals surface area contributed by atoms with Crippen molar-refractivity contribution >= 4 is 39.1 Å². The third-order valence-electron chi connectivity index (χ3n) is 4.99. The Morgan fingerprint density at radius 2 is 1.68 bits per heavy atom. The van der Waals surface area contributed by atoms with Crippen LogP contribution in [0.25, 0.3) is 0 Å². The zero-order valence-electron chi connectivity index (χ0n) is 15.9. The van der Waals surface area contributed by atoms with E-state index in [2.05, 4.69) is 31.8 Å². The molecule has 0 saturated heterocycles. The summed E-state index contributed by atoms with van der Waals surface area (Å²) < 4.78 is 0.721. The predicted octanol–water partition coefficient (Wildman–Crippen LogP) is 5.12. The van der Waals surface area contributed by atoms with Gasteiger partial charge in [0.1, 0.15) is 0 Å². The largest absolute Gasteiger partial charge is 0.326 e. The fourth-order valence-electron chi connectivity index (χ4n) is 3.31. The highest BCUT2D eigenvalue weighted by Crippen LogP contribution is 2.25. The summed E-state index contributed by atoms with van der Waals surface area (Å²) in [5.74, 6) is -0.0361. The molecular weight excluding hydrogens is 418 g/mol. The van der Waals surface area contributed by atoms with Crippen molar-refractivity contribution in [1.29, 1.82) is 0 Å². The van der Waals surface area contributed by atoms with Gasteiger partial charge in [0, 0.05) is 16.1 Å². The number of benzene rings is 2. The lowest BCUT2D eigenvalue weighted by molar-refractivity contribution is -0.120. The van der Waals surface area contributed by atoms with Crippen LogP contribution in [-0.2, 0) is 4.79 Å². The smallest absolute Gasteiger partial charge is 0.272 e.